The van der Waals surface area contributed by atoms with Gasteiger partial charge in [0.1, 0.15) is 0 Å². The highest BCUT2D eigenvalue weighted by Gasteiger charge is 2.28. The largest absolute Gasteiger partial charge is 0.478 e. The van der Waals surface area contributed by atoms with E-state index in [0.29, 0.717) is 18.9 Å². The van der Waals surface area contributed by atoms with E-state index in [9.17, 15) is 9.59 Å². The highest BCUT2D eigenvalue weighted by atomic mass is 16.6. The van der Waals surface area contributed by atoms with Crippen LogP contribution in [0.5, 0.6) is 0 Å². The second kappa shape index (κ2) is 7.16. The van der Waals surface area contributed by atoms with Crippen LogP contribution >= 0.6 is 0 Å². The molecule has 0 aromatic heterocycles. The first-order chi connectivity index (χ1) is 10.1. The van der Waals surface area contributed by atoms with Crippen molar-refractivity contribution in [2.24, 2.45) is 0 Å². The predicted molar refractivity (Wildman–Crippen MR) is 73.4 cm³/mol. The number of carbonyl (C=O) groups is 2. The molecule has 21 heavy (non-hydrogen) atoms. The van der Waals surface area contributed by atoms with Crippen LogP contribution in [0, 0.1) is 0 Å². The van der Waals surface area contributed by atoms with Crippen molar-refractivity contribution in [1.82, 2.24) is 0 Å². The summed E-state index contributed by atoms with van der Waals surface area (Å²) in [6.45, 7) is 0.873. The van der Waals surface area contributed by atoms with Crippen molar-refractivity contribution >= 4 is 17.6 Å². The second-order valence-electron chi connectivity index (χ2n) is 4.50. The molecule has 0 saturated carbocycles. The molecule has 1 aromatic rings. The van der Waals surface area contributed by atoms with Crippen LogP contribution in [0.3, 0.4) is 0 Å². The van der Waals surface area contributed by atoms with E-state index in [1.165, 1.54) is 29.2 Å². The highest BCUT2D eigenvalue weighted by Crippen LogP contribution is 2.18. The van der Waals surface area contributed by atoms with E-state index >= 15 is 0 Å². The molecule has 7 nitrogen and oxygen atoms in total. The van der Waals surface area contributed by atoms with Crippen molar-refractivity contribution < 1.29 is 29.3 Å². The number of nitrogens with zero attached hydrogens (tertiary/aromatic N) is 1. The first-order valence-electron chi connectivity index (χ1n) is 6.58. The monoisotopic (exact) mass is 295 g/mol. The maximum atomic E-state index is 12.4. The van der Waals surface area contributed by atoms with Crippen LogP contribution in [-0.4, -0.2) is 61.2 Å². The summed E-state index contributed by atoms with van der Waals surface area (Å²) in [5, 5.41) is 18.0. The highest BCUT2D eigenvalue weighted by molar-refractivity contribution is 5.97. The van der Waals surface area contributed by atoms with Gasteiger partial charge in [-0.2, -0.15) is 0 Å². The van der Waals surface area contributed by atoms with Crippen molar-refractivity contribution in [3.63, 3.8) is 0 Å². The molecule has 1 heterocycles. The normalized spacial score (nSPS) is 18.2. The average molecular weight is 295 g/mol. The molecule has 0 aliphatic carbocycles. The van der Waals surface area contributed by atoms with E-state index < -0.39 is 12.1 Å². The van der Waals surface area contributed by atoms with Gasteiger partial charge in [0.25, 0.3) is 5.91 Å². The van der Waals surface area contributed by atoms with Gasteiger partial charge in [-0.05, 0) is 24.3 Å². The van der Waals surface area contributed by atoms with Crippen LogP contribution in [0.2, 0.25) is 0 Å². The zero-order valence-corrected chi connectivity index (χ0v) is 11.4. The van der Waals surface area contributed by atoms with Gasteiger partial charge in [0.2, 0.25) is 0 Å². The van der Waals surface area contributed by atoms with E-state index in [4.69, 9.17) is 19.7 Å². The van der Waals surface area contributed by atoms with Crippen molar-refractivity contribution in [2.45, 2.75) is 6.10 Å². The number of carbonyl (C=O) groups excluding carboxylic acids is 1. The first kappa shape index (κ1) is 15.4. The summed E-state index contributed by atoms with van der Waals surface area (Å²) >= 11 is 0. The van der Waals surface area contributed by atoms with Crippen LogP contribution < -0.4 is 4.90 Å². The quantitative estimate of drug-likeness (QED) is 0.801. The minimum Gasteiger partial charge on any atom is -0.478 e. The Balaban J connectivity index is 2.16. The fraction of sp³-hybridized carbons (Fsp3) is 0.429. The van der Waals surface area contributed by atoms with Gasteiger partial charge in [0, 0.05) is 12.2 Å². The molecule has 1 aliphatic heterocycles. The Morgan fingerprint density at radius 1 is 1.24 bits per heavy atom. The lowest BCUT2D eigenvalue weighted by Crippen LogP contribution is -2.46. The molecule has 7 heteroatoms. The Hall–Kier alpha value is -1.96. The molecule has 2 rings (SSSR count). The van der Waals surface area contributed by atoms with E-state index in [1.54, 1.807) is 0 Å². The van der Waals surface area contributed by atoms with Gasteiger partial charge < -0.3 is 24.6 Å². The number of amides is 1. The number of carboxylic acids is 1. The summed E-state index contributed by atoms with van der Waals surface area (Å²) in [6.07, 6.45) is -0.704. The van der Waals surface area contributed by atoms with E-state index in [-0.39, 0.29) is 31.2 Å². The topological polar surface area (TPSA) is 96.3 Å². The zero-order chi connectivity index (χ0) is 15.2. The van der Waals surface area contributed by atoms with Crippen molar-refractivity contribution in [2.75, 3.05) is 37.9 Å². The van der Waals surface area contributed by atoms with Gasteiger partial charge in [0.05, 0.1) is 32.0 Å². The van der Waals surface area contributed by atoms with Gasteiger partial charge in [-0.15, -0.1) is 0 Å². The fourth-order valence-electron chi connectivity index (χ4n) is 2.05. The van der Waals surface area contributed by atoms with E-state index in [0.717, 1.165) is 0 Å². The maximum Gasteiger partial charge on any atom is 0.335 e. The molecule has 1 unspecified atom stereocenters. The lowest BCUT2D eigenvalue weighted by Gasteiger charge is -2.29. The number of aromatic carboxylic acids is 1. The number of rotatable bonds is 5. The lowest BCUT2D eigenvalue weighted by molar-refractivity contribution is -0.144. The Labute approximate surface area is 121 Å². The Bertz CT molecular complexity index is 495. The van der Waals surface area contributed by atoms with Crippen LogP contribution in [0.1, 0.15) is 10.4 Å². The summed E-state index contributed by atoms with van der Waals surface area (Å²) in [4.78, 5) is 24.6. The molecule has 1 amide bonds. The van der Waals surface area contributed by atoms with Crippen LogP contribution in [-0.2, 0) is 14.3 Å². The third-order valence-corrected chi connectivity index (χ3v) is 3.11. The average Bonchev–Trinajstić information content (AvgIpc) is 2.53. The fourth-order valence-corrected chi connectivity index (χ4v) is 2.05. The molecule has 0 bridgehead atoms. The standard InChI is InChI=1S/C14H17NO6/c16-6-5-15(13(17)12-9-20-7-8-21-12)11-3-1-10(2-4-11)14(18)19/h1-4,12,16H,5-9H2,(H,18,19). The molecule has 1 aliphatic rings. The van der Waals surface area contributed by atoms with Gasteiger partial charge in [-0.1, -0.05) is 0 Å². The van der Waals surface area contributed by atoms with Crippen molar-refractivity contribution in [1.29, 1.82) is 0 Å². The summed E-state index contributed by atoms with van der Waals surface area (Å²) in [5.41, 5.74) is 0.639. The molecule has 0 radical (unpaired) electrons. The van der Waals surface area contributed by atoms with Gasteiger partial charge in [0.15, 0.2) is 6.10 Å². The summed E-state index contributed by atoms with van der Waals surface area (Å²) < 4.78 is 10.6. The molecule has 2 N–H and O–H groups in total. The van der Waals surface area contributed by atoms with Gasteiger partial charge >= 0.3 is 5.97 Å². The number of aliphatic hydroxyl groups is 1. The molecule has 0 spiro atoms. The number of anilines is 1. The van der Waals surface area contributed by atoms with Crippen molar-refractivity contribution in [3.8, 4) is 0 Å². The van der Waals surface area contributed by atoms with Crippen LogP contribution in [0.4, 0.5) is 5.69 Å². The number of carboxylic acid groups (broad SMARTS) is 1. The number of aliphatic hydroxyl groups excluding tert-OH is 1. The Morgan fingerprint density at radius 2 is 1.95 bits per heavy atom. The van der Waals surface area contributed by atoms with E-state index in [1.807, 2.05) is 0 Å². The zero-order valence-electron chi connectivity index (χ0n) is 11.4. The number of benzene rings is 1. The smallest absolute Gasteiger partial charge is 0.335 e. The lowest BCUT2D eigenvalue weighted by atomic mass is 10.2. The maximum absolute atomic E-state index is 12.4. The first-order valence-corrected chi connectivity index (χ1v) is 6.58. The van der Waals surface area contributed by atoms with Crippen LogP contribution in [0.15, 0.2) is 24.3 Å². The molecule has 1 atom stereocenters. The summed E-state index contributed by atoms with van der Waals surface area (Å²) in [6, 6.07) is 5.88. The predicted octanol–water partition coefficient (Wildman–Crippen LogP) is 0.125. The third-order valence-electron chi connectivity index (χ3n) is 3.11. The minimum absolute atomic E-state index is 0.102. The summed E-state index contributed by atoms with van der Waals surface area (Å²) in [7, 11) is 0. The number of hydrogen-bond acceptors (Lipinski definition) is 5. The summed E-state index contributed by atoms with van der Waals surface area (Å²) in [5.74, 6) is -1.35. The Kier molecular flexibility index (Phi) is 5.26. The van der Waals surface area contributed by atoms with Crippen LogP contribution in [0.25, 0.3) is 0 Å². The minimum atomic E-state index is -1.04. The molecule has 1 saturated heterocycles. The molecule has 1 aromatic carbocycles. The number of hydrogen-bond donors (Lipinski definition) is 2. The van der Waals surface area contributed by atoms with E-state index in [2.05, 4.69) is 0 Å². The SMILES string of the molecule is O=C(O)c1ccc(N(CCO)C(=O)C2COCCO2)cc1. The number of ether oxygens (including phenoxy) is 2. The third kappa shape index (κ3) is 3.78. The second-order valence-corrected chi connectivity index (χ2v) is 4.50. The van der Waals surface area contributed by atoms with Gasteiger partial charge in [-0.3, -0.25) is 4.79 Å². The Morgan fingerprint density at radius 3 is 2.48 bits per heavy atom. The molecular formula is C14H17NO6. The van der Waals surface area contributed by atoms with Gasteiger partial charge in [-0.25, -0.2) is 4.79 Å². The van der Waals surface area contributed by atoms with Crippen molar-refractivity contribution in [3.05, 3.63) is 29.8 Å². The molecular weight excluding hydrogens is 278 g/mol. The molecule has 114 valence electrons. The molecule has 1 fully saturated rings.